The van der Waals surface area contributed by atoms with E-state index in [4.69, 9.17) is 11.6 Å². The monoisotopic (exact) mass is 384 g/mol. The fourth-order valence-corrected chi connectivity index (χ4v) is 3.22. The number of thiazole rings is 1. The summed E-state index contributed by atoms with van der Waals surface area (Å²) >= 11 is 7.24. The topological polar surface area (TPSA) is 34.9 Å². The molecule has 0 aliphatic rings. The number of pyridine rings is 1. The molecule has 3 nitrogen and oxygen atoms in total. The minimum absolute atomic E-state index is 0.000128. The average molecular weight is 385 g/mol. The maximum absolute atomic E-state index is 12.8. The predicted octanol–water partition coefficient (Wildman–Crippen LogP) is 4.62. The summed E-state index contributed by atoms with van der Waals surface area (Å²) in [5, 5.41) is 3.21. The molecular formula is C17H12ClF3N2OS. The lowest BCUT2D eigenvalue weighted by molar-refractivity contribution is -0.138. The second-order valence-corrected chi connectivity index (χ2v) is 6.80. The van der Waals surface area contributed by atoms with E-state index in [0.29, 0.717) is 17.1 Å². The molecule has 2 aromatic heterocycles. The van der Waals surface area contributed by atoms with E-state index in [1.54, 1.807) is 17.5 Å². The molecule has 0 saturated heterocycles. The van der Waals surface area contributed by atoms with Gasteiger partial charge in [-0.3, -0.25) is 4.79 Å². The van der Waals surface area contributed by atoms with E-state index in [0.717, 1.165) is 33.5 Å². The van der Waals surface area contributed by atoms with Crippen LogP contribution in [0.4, 0.5) is 13.2 Å². The lowest BCUT2D eigenvalue weighted by Gasteiger charge is -2.09. The first-order valence-corrected chi connectivity index (χ1v) is 8.52. The van der Waals surface area contributed by atoms with Crippen LogP contribution in [-0.2, 0) is 19.1 Å². The first-order chi connectivity index (χ1) is 11.8. The van der Waals surface area contributed by atoms with Gasteiger partial charge in [0.1, 0.15) is 0 Å². The van der Waals surface area contributed by atoms with Crippen LogP contribution < -0.4 is 5.56 Å². The number of halogens is 4. The van der Waals surface area contributed by atoms with Crippen molar-refractivity contribution in [1.82, 2.24) is 9.55 Å². The van der Waals surface area contributed by atoms with Crippen molar-refractivity contribution in [2.75, 3.05) is 0 Å². The van der Waals surface area contributed by atoms with E-state index in [1.165, 1.54) is 11.3 Å². The zero-order valence-corrected chi connectivity index (χ0v) is 14.3. The molecule has 0 atom stereocenters. The standard InChI is InChI=1S/C17H12ClF3N2OS/c18-13-4-1-11(2-5-13)7-15-22-14(10-25-15)9-23-8-12(17(19,20)21)3-6-16(23)24/h1-6,8,10H,7,9H2. The van der Waals surface area contributed by atoms with Crippen molar-refractivity contribution >= 4 is 22.9 Å². The molecule has 0 amide bonds. The molecule has 1 aromatic carbocycles. The Kier molecular flexibility index (Phi) is 4.96. The summed E-state index contributed by atoms with van der Waals surface area (Å²) in [5.41, 5.74) is 0.223. The van der Waals surface area contributed by atoms with Crippen molar-refractivity contribution in [2.24, 2.45) is 0 Å². The van der Waals surface area contributed by atoms with Gasteiger partial charge in [-0.05, 0) is 23.8 Å². The maximum atomic E-state index is 12.8. The Labute approximate surface area is 150 Å². The first-order valence-electron chi connectivity index (χ1n) is 7.27. The Morgan fingerprint density at radius 1 is 1.12 bits per heavy atom. The molecule has 8 heteroatoms. The second-order valence-electron chi connectivity index (χ2n) is 5.42. The van der Waals surface area contributed by atoms with Gasteiger partial charge in [0.2, 0.25) is 0 Å². The SMILES string of the molecule is O=c1ccc(C(F)(F)F)cn1Cc1csc(Cc2ccc(Cl)cc2)n1. The van der Waals surface area contributed by atoms with E-state index < -0.39 is 17.3 Å². The molecule has 0 N–H and O–H groups in total. The number of alkyl halides is 3. The lowest BCUT2D eigenvalue weighted by Crippen LogP contribution is -2.22. The molecule has 25 heavy (non-hydrogen) atoms. The molecule has 3 rings (SSSR count). The number of hydrogen-bond donors (Lipinski definition) is 0. The van der Waals surface area contributed by atoms with Crippen LogP contribution in [0.15, 0.2) is 52.8 Å². The average Bonchev–Trinajstić information content (AvgIpc) is 2.98. The van der Waals surface area contributed by atoms with Crippen LogP contribution in [0.1, 0.15) is 21.8 Å². The van der Waals surface area contributed by atoms with Gasteiger partial charge < -0.3 is 4.57 Å². The van der Waals surface area contributed by atoms with Gasteiger partial charge in [0.15, 0.2) is 0 Å². The summed E-state index contributed by atoms with van der Waals surface area (Å²) in [6, 6.07) is 9.05. The quantitative estimate of drug-likeness (QED) is 0.658. The second kappa shape index (κ2) is 7.01. The van der Waals surface area contributed by atoms with Crippen LogP contribution in [0.2, 0.25) is 5.02 Å². The first kappa shape index (κ1) is 17.7. The zero-order chi connectivity index (χ0) is 18.0. The van der Waals surface area contributed by atoms with Gasteiger partial charge in [-0.2, -0.15) is 13.2 Å². The Hall–Kier alpha value is -2.12. The minimum Gasteiger partial charge on any atom is -0.309 e. The summed E-state index contributed by atoms with van der Waals surface area (Å²) in [6.45, 7) is -0.000128. The molecule has 0 bridgehead atoms. The van der Waals surface area contributed by atoms with Crippen molar-refractivity contribution in [1.29, 1.82) is 0 Å². The number of benzene rings is 1. The van der Waals surface area contributed by atoms with Gasteiger partial charge >= 0.3 is 6.18 Å². The van der Waals surface area contributed by atoms with Crippen molar-refractivity contribution in [3.63, 3.8) is 0 Å². The highest BCUT2D eigenvalue weighted by molar-refractivity contribution is 7.09. The van der Waals surface area contributed by atoms with Crippen molar-refractivity contribution in [3.05, 3.63) is 85.2 Å². The van der Waals surface area contributed by atoms with Gasteiger partial charge in [-0.25, -0.2) is 4.98 Å². The largest absolute Gasteiger partial charge is 0.417 e. The van der Waals surface area contributed by atoms with E-state index >= 15 is 0 Å². The smallest absolute Gasteiger partial charge is 0.309 e. The Morgan fingerprint density at radius 3 is 2.52 bits per heavy atom. The van der Waals surface area contributed by atoms with Gasteiger partial charge in [0.25, 0.3) is 5.56 Å². The summed E-state index contributed by atoms with van der Waals surface area (Å²) in [7, 11) is 0. The molecule has 0 radical (unpaired) electrons. The van der Waals surface area contributed by atoms with Gasteiger partial charge in [-0.1, -0.05) is 23.7 Å². The molecular weight excluding hydrogens is 373 g/mol. The third-order valence-corrected chi connectivity index (χ3v) is 4.66. The van der Waals surface area contributed by atoms with Crippen molar-refractivity contribution in [3.8, 4) is 0 Å². The van der Waals surface area contributed by atoms with Crippen LogP contribution in [0.5, 0.6) is 0 Å². The maximum Gasteiger partial charge on any atom is 0.417 e. The van der Waals surface area contributed by atoms with Crippen molar-refractivity contribution in [2.45, 2.75) is 19.1 Å². The molecule has 0 spiro atoms. The normalized spacial score (nSPS) is 11.7. The van der Waals surface area contributed by atoms with Crippen LogP contribution in [0.25, 0.3) is 0 Å². The zero-order valence-electron chi connectivity index (χ0n) is 12.8. The van der Waals surface area contributed by atoms with Crippen LogP contribution in [0.3, 0.4) is 0 Å². The van der Waals surface area contributed by atoms with E-state index in [1.807, 2.05) is 12.1 Å². The molecule has 130 valence electrons. The van der Waals surface area contributed by atoms with Crippen LogP contribution in [-0.4, -0.2) is 9.55 Å². The number of hydrogen-bond acceptors (Lipinski definition) is 3. The van der Waals surface area contributed by atoms with Gasteiger partial charge in [0, 0.05) is 29.1 Å². The molecule has 0 aliphatic heterocycles. The highest BCUT2D eigenvalue weighted by Gasteiger charge is 2.31. The van der Waals surface area contributed by atoms with Gasteiger partial charge in [-0.15, -0.1) is 11.3 Å². The summed E-state index contributed by atoms with van der Waals surface area (Å²) in [6.07, 6.45) is -3.07. The highest BCUT2D eigenvalue weighted by Crippen LogP contribution is 2.28. The molecule has 0 aliphatic carbocycles. The molecule has 0 unspecified atom stereocenters. The summed E-state index contributed by atoms with van der Waals surface area (Å²) in [4.78, 5) is 16.2. The predicted molar refractivity (Wildman–Crippen MR) is 91.2 cm³/mol. The van der Waals surface area contributed by atoms with Gasteiger partial charge in [0.05, 0.1) is 22.8 Å². The molecule has 0 saturated carbocycles. The fraction of sp³-hybridized carbons (Fsp3) is 0.176. The Bertz CT molecular complexity index is 932. The van der Waals surface area contributed by atoms with E-state index in [-0.39, 0.29) is 6.54 Å². The summed E-state index contributed by atoms with van der Waals surface area (Å²) in [5.74, 6) is 0. The highest BCUT2D eigenvalue weighted by atomic mass is 35.5. The Balaban J connectivity index is 1.77. The Morgan fingerprint density at radius 2 is 1.84 bits per heavy atom. The van der Waals surface area contributed by atoms with E-state index in [9.17, 15) is 18.0 Å². The molecule has 3 aromatic rings. The molecule has 0 fully saturated rings. The van der Waals surface area contributed by atoms with E-state index in [2.05, 4.69) is 4.98 Å². The van der Waals surface area contributed by atoms with Crippen molar-refractivity contribution < 1.29 is 13.2 Å². The van der Waals surface area contributed by atoms with Crippen LogP contribution >= 0.6 is 22.9 Å². The van der Waals surface area contributed by atoms with Crippen LogP contribution in [0, 0.1) is 0 Å². The molecule has 2 heterocycles. The number of aromatic nitrogens is 2. The fourth-order valence-electron chi connectivity index (χ4n) is 2.28. The summed E-state index contributed by atoms with van der Waals surface area (Å²) < 4.78 is 39.3. The number of rotatable bonds is 4. The minimum atomic E-state index is -4.49. The lowest BCUT2D eigenvalue weighted by atomic mass is 10.2. The third-order valence-electron chi connectivity index (χ3n) is 3.51. The number of nitrogens with zero attached hydrogens (tertiary/aromatic N) is 2. The third kappa shape index (κ3) is 4.49.